The van der Waals surface area contributed by atoms with Gasteiger partial charge in [0, 0.05) is 19.1 Å². The Bertz CT molecular complexity index is 719. The SMILES string of the molecule is O=C(Nc1ccc(Nc2cccc(Cl)c2Cl)nn1)C1CCOCC1. The van der Waals surface area contributed by atoms with Crippen molar-refractivity contribution in [3.63, 3.8) is 0 Å². The van der Waals surface area contributed by atoms with Gasteiger partial charge in [0.15, 0.2) is 11.6 Å². The summed E-state index contributed by atoms with van der Waals surface area (Å²) in [6.45, 7) is 1.24. The fraction of sp³-hybridized carbons (Fsp3) is 0.312. The lowest BCUT2D eigenvalue weighted by Crippen LogP contribution is -2.28. The maximum atomic E-state index is 12.1. The van der Waals surface area contributed by atoms with Gasteiger partial charge < -0.3 is 15.4 Å². The van der Waals surface area contributed by atoms with Crippen LogP contribution in [0.4, 0.5) is 17.3 Å². The molecule has 0 atom stereocenters. The van der Waals surface area contributed by atoms with Crippen molar-refractivity contribution in [2.24, 2.45) is 5.92 Å². The lowest BCUT2D eigenvalue weighted by molar-refractivity contribution is -0.122. The number of hydrogen-bond donors (Lipinski definition) is 2. The Kier molecular flexibility index (Phi) is 5.50. The normalized spacial score (nSPS) is 15.1. The quantitative estimate of drug-likeness (QED) is 0.858. The van der Waals surface area contributed by atoms with Crippen molar-refractivity contribution in [2.45, 2.75) is 12.8 Å². The monoisotopic (exact) mass is 366 g/mol. The molecule has 0 unspecified atom stereocenters. The number of carbonyl (C=O) groups excluding carboxylic acids is 1. The van der Waals surface area contributed by atoms with Crippen LogP contribution in [0.15, 0.2) is 30.3 Å². The first-order valence-corrected chi connectivity index (χ1v) is 8.32. The molecule has 0 aliphatic carbocycles. The van der Waals surface area contributed by atoms with Gasteiger partial charge in [-0.2, -0.15) is 0 Å². The van der Waals surface area contributed by atoms with Crippen LogP contribution in [0.25, 0.3) is 0 Å². The summed E-state index contributed by atoms with van der Waals surface area (Å²) in [5.41, 5.74) is 0.637. The van der Waals surface area contributed by atoms with E-state index in [0.717, 1.165) is 12.8 Å². The maximum absolute atomic E-state index is 12.1. The van der Waals surface area contributed by atoms with Crippen LogP contribution in [0.2, 0.25) is 10.0 Å². The molecule has 0 saturated carbocycles. The zero-order valence-corrected chi connectivity index (χ0v) is 14.3. The van der Waals surface area contributed by atoms with E-state index >= 15 is 0 Å². The van der Waals surface area contributed by atoms with Gasteiger partial charge in [-0.25, -0.2) is 0 Å². The number of nitrogens with zero attached hydrogens (tertiary/aromatic N) is 2. The summed E-state index contributed by atoms with van der Waals surface area (Å²) < 4.78 is 5.25. The summed E-state index contributed by atoms with van der Waals surface area (Å²) in [6.07, 6.45) is 1.46. The van der Waals surface area contributed by atoms with Crippen LogP contribution < -0.4 is 10.6 Å². The summed E-state index contributed by atoms with van der Waals surface area (Å²) in [5, 5.41) is 14.7. The summed E-state index contributed by atoms with van der Waals surface area (Å²) in [6, 6.07) is 8.67. The molecule has 1 aromatic carbocycles. The number of anilines is 3. The largest absolute Gasteiger partial charge is 0.381 e. The Labute approximate surface area is 149 Å². The van der Waals surface area contributed by atoms with Gasteiger partial charge in [0.1, 0.15) is 0 Å². The third-order valence-electron chi connectivity index (χ3n) is 3.72. The second-order valence-corrected chi connectivity index (χ2v) is 6.19. The molecule has 3 rings (SSSR count). The average molecular weight is 367 g/mol. The smallest absolute Gasteiger partial charge is 0.228 e. The van der Waals surface area contributed by atoms with Crippen LogP contribution >= 0.6 is 23.2 Å². The molecular weight excluding hydrogens is 351 g/mol. The van der Waals surface area contributed by atoms with E-state index in [1.807, 2.05) is 0 Å². The van der Waals surface area contributed by atoms with Crippen LogP contribution in [0.3, 0.4) is 0 Å². The summed E-state index contributed by atoms with van der Waals surface area (Å²) in [5.74, 6) is 0.826. The fourth-order valence-corrected chi connectivity index (χ4v) is 2.74. The lowest BCUT2D eigenvalue weighted by atomic mass is 9.99. The third kappa shape index (κ3) is 4.14. The molecular formula is C16H16Cl2N4O2. The second-order valence-electron chi connectivity index (χ2n) is 5.41. The molecule has 8 heteroatoms. The Morgan fingerprint density at radius 3 is 2.50 bits per heavy atom. The van der Waals surface area contributed by atoms with E-state index in [2.05, 4.69) is 20.8 Å². The van der Waals surface area contributed by atoms with E-state index in [-0.39, 0.29) is 11.8 Å². The number of hydrogen-bond acceptors (Lipinski definition) is 5. The predicted molar refractivity (Wildman–Crippen MR) is 93.9 cm³/mol. The molecule has 126 valence electrons. The number of nitrogens with one attached hydrogen (secondary N) is 2. The Morgan fingerprint density at radius 2 is 1.79 bits per heavy atom. The highest BCUT2D eigenvalue weighted by atomic mass is 35.5. The second kappa shape index (κ2) is 7.79. The van der Waals surface area contributed by atoms with E-state index in [1.54, 1.807) is 30.3 Å². The van der Waals surface area contributed by atoms with Crippen molar-refractivity contribution in [3.05, 3.63) is 40.4 Å². The van der Waals surface area contributed by atoms with E-state index in [1.165, 1.54) is 0 Å². The highest BCUT2D eigenvalue weighted by molar-refractivity contribution is 6.43. The minimum atomic E-state index is -0.0498. The first-order chi connectivity index (χ1) is 11.6. The van der Waals surface area contributed by atoms with E-state index < -0.39 is 0 Å². The van der Waals surface area contributed by atoms with Gasteiger partial charge in [-0.15, -0.1) is 10.2 Å². The molecule has 1 aliphatic rings. The van der Waals surface area contributed by atoms with Crippen LogP contribution in [-0.2, 0) is 9.53 Å². The average Bonchev–Trinajstić information content (AvgIpc) is 2.61. The van der Waals surface area contributed by atoms with Crippen LogP contribution in [0.5, 0.6) is 0 Å². The lowest BCUT2D eigenvalue weighted by Gasteiger charge is -2.20. The van der Waals surface area contributed by atoms with Gasteiger partial charge in [-0.1, -0.05) is 29.3 Å². The summed E-state index contributed by atoms with van der Waals surface area (Å²) >= 11 is 12.1. The summed E-state index contributed by atoms with van der Waals surface area (Å²) in [4.78, 5) is 12.1. The third-order valence-corrected chi connectivity index (χ3v) is 4.54. The molecule has 1 saturated heterocycles. The van der Waals surface area contributed by atoms with Gasteiger partial charge in [0.25, 0.3) is 0 Å². The van der Waals surface area contributed by atoms with Gasteiger partial charge in [-0.3, -0.25) is 4.79 Å². The number of aromatic nitrogens is 2. The Balaban J connectivity index is 1.62. The van der Waals surface area contributed by atoms with Gasteiger partial charge in [0.05, 0.1) is 15.7 Å². The van der Waals surface area contributed by atoms with Crippen molar-refractivity contribution >= 4 is 46.4 Å². The van der Waals surface area contributed by atoms with E-state index in [4.69, 9.17) is 27.9 Å². The number of halogens is 2. The number of ether oxygens (including phenoxy) is 1. The number of amides is 1. The zero-order chi connectivity index (χ0) is 16.9. The van der Waals surface area contributed by atoms with E-state index in [0.29, 0.717) is 40.6 Å². The van der Waals surface area contributed by atoms with Crippen LogP contribution in [0, 0.1) is 5.92 Å². The first kappa shape index (κ1) is 17.0. The molecule has 0 bridgehead atoms. The van der Waals surface area contributed by atoms with Crippen LogP contribution in [0.1, 0.15) is 12.8 Å². The topological polar surface area (TPSA) is 76.1 Å². The number of benzene rings is 1. The molecule has 24 heavy (non-hydrogen) atoms. The molecule has 0 radical (unpaired) electrons. The molecule has 2 N–H and O–H groups in total. The first-order valence-electron chi connectivity index (χ1n) is 7.57. The van der Waals surface area contributed by atoms with Crippen molar-refractivity contribution in [1.29, 1.82) is 0 Å². The van der Waals surface area contributed by atoms with Crippen molar-refractivity contribution < 1.29 is 9.53 Å². The maximum Gasteiger partial charge on any atom is 0.228 e. The molecule has 0 spiro atoms. The highest BCUT2D eigenvalue weighted by Gasteiger charge is 2.21. The molecule has 1 fully saturated rings. The van der Waals surface area contributed by atoms with Crippen LogP contribution in [-0.4, -0.2) is 29.3 Å². The predicted octanol–water partition coefficient (Wildman–Crippen LogP) is 3.89. The highest BCUT2D eigenvalue weighted by Crippen LogP contribution is 2.31. The fourth-order valence-electron chi connectivity index (χ4n) is 2.39. The molecule has 1 aliphatic heterocycles. The van der Waals surface area contributed by atoms with Crippen molar-refractivity contribution in [2.75, 3.05) is 23.8 Å². The minimum absolute atomic E-state index is 0.0383. The van der Waals surface area contributed by atoms with Crippen molar-refractivity contribution in [1.82, 2.24) is 10.2 Å². The number of carbonyl (C=O) groups is 1. The molecule has 1 aromatic heterocycles. The molecule has 1 amide bonds. The van der Waals surface area contributed by atoms with Crippen molar-refractivity contribution in [3.8, 4) is 0 Å². The van der Waals surface area contributed by atoms with Gasteiger partial charge in [0.2, 0.25) is 5.91 Å². The van der Waals surface area contributed by atoms with E-state index in [9.17, 15) is 4.79 Å². The van der Waals surface area contributed by atoms with Gasteiger partial charge >= 0.3 is 0 Å². The zero-order valence-electron chi connectivity index (χ0n) is 12.8. The Morgan fingerprint density at radius 1 is 1.08 bits per heavy atom. The molecule has 6 nitrogen and oxygen atoms in total. The molecule has 2 aromatic rings. The van der Waals surface area contributed by atoms with Gasteiger partial charge in [-0.05, 0) is 37.1 Å². The Hall–Kier alpha value is -1.89. The minimum Gasteiger partial charge on any atom is -0.381 e. The number of rotatable bonds is 4. The summed E-state index contributed by atoms with van der Waals surface area (Å²) in [7, 11) is 0. The standard InChI is InChI=1S/C16H16Cl2N4O2/c17-11-2-1-3-12(15(11)18)19-13-4-5-14(22-21-13)20-16(23)10-6-8-24-9-7-10/h1-5,10H,6-9H2,(H,19,21)(H,20,22,23). The molecule has 2 heterocycles.